The monoisotopic (exact) mass is 302 g/mol. The van der Waals surface area contributed by atoms with Gasteiger partial charge >= 0.3 is 5.97 Å². The molecule has 0 unspecified atom stereocenters. The van der Waals surface area contributed by atoms with Crippen LogP contribution in [0, 0.1) is 5.82 Å². The molecule has 0 aliphatic heterocycles. The molecule has 1 heterocycles. The number of amidine groups is 1. The van der Waals surface area contributed by atoms with Gasteiger partial charge in [0.15, 0.2) is 5.84 Å². The van der Waals surface area contributed by atoms with E-state index < -0.39 is 5.97 Å². The quantitative estimate of drug-likeness (QED) is 0.301. The zero-order valence-corrected chi connectivity index (χ0v) is 11.9. The van der Waals surface area contributed by atoms with Crippen LogP contribution >= 0.6 is 0 Å². The molecule has 7 heteroatoms. The molecular formula is C15H15FN4O2. The van der Waals surface area contributed by atoms with Crippen molar-refractivity contribution < 1.29 is 14.0 Å². The van der Waals surface area contributed by atoms with Crippen LogP contribution in [0.4, 0.5) is 4.39 Å². The molecule has 0 radical (unpaired) electrons. The number of halogens is 1. The normalized spacial score (nSPS) is 11.8. The molecule has 0 bridgehead atoms. The van der Waals surface area contributed by atoms with Crippen molar-refractivity contribution in [3.8, 4) is 0 Å². The molecule has 0 fully saturated rings. The largest absolute Gasteiger partial charge is 0.380 e. The van der Waals surface area contributed by atoms with Crippen LogP contribution in [0.1, 0.15) is 18.1 Å². The van der Waals surface area contributed by atoms with Crippen molar-refractivity contribution in [2.45, 2.75) is 13.5 Å². The Kier molecular flexibility index (Phi) is 5.02. The van der Waals surface area contributed by atoms with E-state index in [1.807, 2.05) is 6.92 Å². The van der Waals surface area contributed by atoms with Crippen LogP contribution in [0.25, 0.3) is 6.08 Å². The molecule has 1 aromatic carbocycles. The zero-order chi connectivity index (χ0) is 15.9. The molecule has 114 valence electrons. The van der Waals surface area contributed by atoms with Gasteiger partial charge in [-0.25, -0.2) is 9.18 Å². The Balaban J connectivity index is 1.93. The highest BCUT2D eigenvalue weighted by Crippen LogP contribution is 2.03. The number of rotatable bonds is 5. The third-order valence-electron chi connectivity index (χ3n) is 2.76. The maximum atomic E-state index is 12.8. The lowest BCUT2D eigenvalue weighted by atomic mass is 10.2. The van der Waals surface area contributed by atoms with E-state index >= 15 is 0 Å². The number of aryl methyl sites for hydroxylation is 1. The predicted molar refractivity (Wildman–Crippen MR) is 80.2 cm³/mol. The van der Waals surface area contributed by atoms with E-state index in [0.717, 1.165) is 12.1 Å². The van der Waals surface area contributed by atoms with Crippen molar-refractivity contribution in [1.82, 2.24) is 9.78 Å². The maximum absolute atomic E-state index is 12.8. The van der Waals surface area contributed by atoms with Crippen LogP contribution in [0.15, 0.2) is 47.9 Å². The van der Waals surface area contributed by atoms with Crippen LogP contribution in [-0.4, -0.2) is 21.6 Å². The van der Waals surface area contributed by atoms with E-state index in [-0.39, 0.29) is 11.7 Å². The van der Waals surface area contributed by atoms with Crippen molar-refractivity contribution in [2.24, 2.45) is 10.9 Å². The fourth-order valence-corrected chi connectivity index (χ4v) is 1.60. The van der Waals surface area contributed by atoms with Crippen molar-refractivity contribution in [1.29, 1.82) is 0 Å². The smallest absolute Gasteiger partial charge is 0.358 e. The SMILES string of the molecule is CCn1cc(/C=C/C(=O)O/N=C(\N)c2ccc(F)cc2)cn1. The van der Waals surface area contributed by atoms with Gasteiger partial charge in [-0.2, -0.15) is 5.10 Å². The van der Waals surface area contributed by atoms with E-state index in [9.17, 15) is 9.18 Å². The molecule has 0 aliphatic rings. The summed E-state index contributed by atoms with van der Waals surface area (Å²) in [5.41, 5.74) is 6.87. The lowest BCUT2D eigenvalue weighted by Gasteiger charge is -1.99. The number of hydrogen-bond acceptors (Lipinski definition) is 4. The summed E-state index contributed by atoms with van der Waals surface area (Å²) in [5, 5.41) is 7.58. The lowest BCUT2D eigenvalue weighted by Crippen LogP contribution is -2.14. The fourth-order valence-electron chi connectivity index (χ4n) is 1.60. The first kappa shape index (κ1) is 15.4. The highest BCUT2D eigenvalue weighted by molar-refractivity contribution is 5.97. The Bertz CT molecular complexity index is 705. The molecule has 0 amide bonds. The van der Waals surface area contributed by atoms with Gasteiger partial charge in [-0.15, -0.1) is 0 Å². The van der Waals surface area contributed by atoms with E-state index in [0.29, 0.717) is 5.56 Å². The Morgan fingerprint density at radius 3 is 2.82 bits per heavy atom. The number of carbonyl (C=O) groups excluding carboxylic acids is 1. The maximum Gasteiger partial charge on any atom is 0.358 e. The molecular weight excluding hydrogens is 287 g/mol. The number of benzene rings is 1. The summed E-state index contributed by atoms with van der Waals surface area (Å²) in [6.45, 7) is 2.71. The number of aromatic nitrogens is 2. The molecule has 0 atom stereocenters. The molecule has 0 aliphatic carbocycles. The summed E-state index contributed by atoms with van der Waals surface area (Å²) >= 11 is 0. The Morgan fingerprint density at radius 1 is 1.45 bits per heavy atom. The Morgan fingerprint density at radius 2 is 2.18 bits per heavy atom. The molecule has 2 aromatic rings. The van der Waals surface area contributed by atoms with Gasteiger partial charge in [-0.3, -0.25) is 4.68 Å². The number of nitrogens with zero attached hydrogens (tertiary/aromatic N) is 3. The minimum Gasteiger partial charge on any atom is -0.380 e. The summed E-state index contributed by atoms with van der Waals surface area (Å²) in [6.07, 6.45) is 6.20. The van der Waals surface area contributed by atoms with Gasteiger partial charge in [0.2, 0.25) is 0 Å². The third-order valence-corrected chi connectivity index (χ3v) is 2.76. The van der Waals surface area contributed by atoms with Crippen LogP contribution in [0.3, 0.4) is 0 Å². The first-order valence-electron chi connectivity index (χ1n) is 6.59. The van der Waals surface area contributed by atoms with Gasteiger partial charge in [0.25, 0.3) is 0 Å². The van der Waals surface area contributed by atoms with Gasteiger partial charge < -0.3 is 10.6 Å². The van der Waals surface area contributed by atoms with Crippen molar-refractivity contribution in [3.05, 3.63) is 59.7 Å². The van der Waals surface area contributed by atoms with Crippen LogP contribution in [0.5, 0.6) is 0 Å². The predicted octanol–water partition coefficient (Wildman–Crippen LogP) is 1.92. The van der Waals surface area contributed by atoms with Crippen LogP contribution in [-0.2, 0) is 16.2 Å². The van der Waals surface area contributed by atoms with E-state index in [1.165, 1.54) is 30.3 Å². The lowest BCUT2D eigenvalue weighted by molar-refractivity contribution is -0.137. The van der Waals surface area contributed by atoms with Gasteiger partial charge in [0, 0.05) is 29.9 Å². The minimum atomic E-state index is -0.672. The topological polar surface area (TPSA) is 82.5 Å². The average molecular weight is 302 g/mol. The third kappa shape index (κ3) is 4.27. The summed E-state index contributed by atoms with van der Waals surface area (Å²) in [5.74, 6) is -1.07. The first-order chi connectivity index (χ1) is 10.6. The number of carbonyl (C=O) groups is 1. The number of oxime groups is 1. The first-order valence-corrected chi connectivity index (χ1v) is 6.59. The summed E-state index contributed by atoms with van der Waals surface area (Å²) in [7, 11) is 0. The highest BCUT2D eigenvalue weighted by atomic mass is 19.1. The van der Waals surface area contributed by atoms with Gasteiger partial charge in [0.05, 0.1) is 6.20 Å². The molecule has 0 saturated carbocycles. The molecule has 0 spiro atoms. The standard InChI is InChI=1S/C15H15FN4O2/c1-2-20-10-11(9-18-20)3-8-14(21)22-19-15(17)12-4-6-13(16)7-5-12/h3-10H,2H2,1H3,(H2,17,19)/b8-3+. The Labute approximate surface area is 126 Å². The number of nitrogens with two attached hydrogens (primary N) is 1. The summed E-state index contributed by atoms with van der Waals surface area (Å²) < 4.78 is 14.5. The van der Waals surface area contributed by atoms with Gasteiger partial charge in [0.1, 0.15) is 5.82 Å². The molecule has 6 nitrogen and oxygen atoms in total. The second kappa shape index (κ2) is 7.16. The van der Waals surface area contributed by atoms with Gasteiger partial charge in [-0.1, -0.05) is 5.16 Å². The van der Waals surface area contributed by atoms with E-state index in [1.54, 1.807) is 23.2 Å². The van der Waals surface area contributed by atoms with Gasteiger partial charge in [-0.05, 0) is 37.3 Å². The molecule has 2 N–H and O–H groups in total. The molecule has 1 aromatic heterocycles. The zero-order valence-electron chi connectivity index (χ0n) is 11.9. The fraction of sp³-hybridized carbons (Fsp3) is 0.133. The minimum absolute atomic E-state index is 0.0134. The Hall–Kier alpha value is -2.96. The van der Waals surface area contributed by atoms with Crippen molar-refractivity contribution in [2.75, 3.05) is 0 Å². The summed E-state index contributed by atoms with van der Waals surface area (Å²) in [6, 6.07) is 5.36. The van der Waals surface area contributed by atoms with Crippen LogP contribution < -0.4 is 5.73 Å². The average Bonchev–Trinajstić information content (AvgIpc) is 2.99. The van der Waals surface area contributed by atoms with Crippen molar-refractivity contribution in [3.63, 3.8) is 0 Å². The van der Waals surface area contributed by atoms with Crippen molar-refractivity contribution >= 4 is 17.9 Å². The molecule has 22 heavy (non-hydrogen) atoms. The second-order valence-corrected chi connectivity index (χ2v) is 4.36. The molecule has 0 saturated heterocycles. The highest BCUT2D eigenvalue weighted by Gasteiger charge is 2.02. The second-order valence-electron chi connectivity index (χ2n) is 4.36. The van der Waals surface area contributed by atoms with E-state index in [4.69, 9.17) is 5.73 Å². The number of hydrogen-bond donors (Lipinski definition) is 1. The summed E-state index contributed by atoms with van der Waals surface area (Å²) in [4.78, 5) is 16.2. The van der Waals surface area contributed by atoms with Crippen LogP contribution in [0.2, 0.25) is 0 Å². The molecule has 2 rings (SSSR count). The van der Waals surface area contributed by atoms with E-state index in [2.05, 4.69) is 15.1 Å².